The van der Waals surface area contributed by atoms with Gasteiger partial charge in [-0.3, -0.25) is 4.79 Å². The quantitative estimate of drug-likeness (QED) is 0.641. The van der Waals surface area contributed by atoms with E-state index in [-0.39, 0.29) is 11.8 Å². The molecule has 0 bridgehead atoms. The zero-order valence-electron chi connectivity index (χ0n) is 16.1. The second-order valence-corrected chi connectivity index (χ2v) is 7.01. The Balaban J connectivity index is 1.85. The Kier molecular flexibility index (Phi) is 6.31. The first-order valence-corrected chi connectivity index (χ1v) is 9.57. The smallest absolute Gasteiger partial charge is 0.255 e. The average molecular weight is 399 g/mol. The molecule has 28 heavy (non-hydrogen) atoms. The predicted octanol–water partition coefficient (Wildman–Crippen LogP) is 4.37. The van der Waals surface area contributed by atoms with E-state index in [2.05, 4.69) is 15.4 Å². The summed E-state index contributed by atoms with van der Waals surface area (Å²) in [4.78, 5) is 17.1. The number of ether oxygens (including phenoxy) is 1. The topological polar surface area (TPSA) is 69.0 Å². The van der Waals surface area contributed by atoms with E-state index in [1.807, 2.05) is 51.1 Å². The van der Waals surface area contributed by atoms with Crippen LogP contribution in [0.3, 0.4) is 0 Å². The maximum atomic E-state index is 12.9. The summed E-state index contributed by atoms with van der Waals surface area (Å²) in [6.07, 6.45) is 3.26. The van der Waals surface area contributed by atoms with Crippen molar-refractivity contribution in [2.45, 2.75) is 33.2 Å². The second-order valence-electron chi connectivity index (χ2n) is 6.57. The van der Waals surface area contributed by atoms with Gasteiger partial charge in [-0.15, -0.1) is 0 Å². The Morgan fingerprint density at radius 1 is 1.29 bits per heavy atom. The van der Waals surface area contributed by atoms with Crippen LogP contribution in [0.25, 0.3) is 5.69 Å². The number of rotatable bonds is 7. The van der Waals surface area contributed by atoms with Crippen LogP contribution < -0.4 is 10.1 Å². The fourth-order valence-electron chi connectivity index (χ4n) is 3.00. The number of pyridine rings is 1. The highest BCUT2D eigenvalue weighted by Gasteiger charge is 2.21. The van der Waals surface area contributed by atoms with Crippen molar-refractivity contribution < 1.29 is 9.53 Å². The number of hydrogen-bond donors (Lipinski definition) is 1. The van der Waals surface area contributed by atoms with Gasteiger partial charge in [-0.25, -0.2) is 9.67 Å². The summed E-state index contributed by atoms with van der Waals surface area (Å²) in [6, 6.07) is 11.1. The molecule has 3 rings (SSSR count). The number of benzene rings is 1. The highest BCUT2D eigenvalue weighted by Crippen LogP contribution is 2.24. The third kappa shape index (κ3) is 4.34. The number of hydrogen-bond acceptors (Lipinski definition) is 4. The molecule has 0 saturated carbocycles. The number of amides is 1. The number of nitrogens with one attached hydrogen (secondary N) is 1. The van der Waals surface area contributed by atoms with Gasteiger partial charge in [-0.1, -0.05) is 37.6 Å². The van der Waals surface area contributed by atoms with Crippen molar-refractivity contribution in [3.63, 3.8) is 0 Å². The number of halogens is 1. The molecule has 0 spiro atoms. The summed E-state index contributed by atoms with van der Waals surface area (Å²) in [5.74, 6) is 0.437. The molecule has 0 radical (unpaired) electrons. The van der Waals surface area contributed by atoms with E-state index in [0.29, 0.717) is 29.6 Å². The molecule has 3 aromatic rings. The minimum atomic E-state index is -0.191. The van der Waals surface area contributed by atoms with Crippen LogP contribution in [-0.4, -0.2) is 27.3 Å². The lowest BCUT2D eigenvalue weighted by Crippen LogP contribution is -2.24. The van der Waals surface area contributed by atoms with Crippen LogP contribution >= 0.6 is 11.6 Å². The van der Waals surface area contributed by atoms with Gasteiger partial charge in [-0.2, -0.15) is 5.10 Å². The molecule has 1 aromatic carbocycles. The zero-order chi connectivity index (χ0) is 20.1. The zero-order valence-corrected chi connectivity index (χ0v) is 16.9. The van der Waals surface area contributed by atoms with Crippen molar-refractivity contribution in [2.75, 3.05) is 6.61 Å². The van der Waals surface area contributed by atoms with E-state index in [0.717, 1.165) is 16.9 Å². The molecule has 146 valence electrons. The minimum Gasteiger partial charge on any atom is -0.478 e. The number of aromatic nitrogens is 3. The predicted molar refractivity (Wildman–Crippen MR) is 109 cm³/mol. The van der Waals surface area contributed by atoms with Crippen LogP contribution in [0.2, 0.25) is 5.02 Å². The SMILES string of the molecule is CCOc1ncccc1CNC(=O)c1cnn(-c2cccc(Cl)c2)c1C(C)C. The Morgan fingerprint density at radius 3 is 2.82 bits per heavy atom. The number of carbonyl (C=O) groups is 1. The van der Waals surface area contributed by atoms with E-state index in [1.165, 1.54) is 0 Å². The van der Waals surface area contributed by atoms with Crippen LogP contribution in [0.1, 0.15) is 48.3 Å². The van der Waals surface area contributed by atoms with E-state index in [4.69, 9.17) is 16.3 Å². The molecule has 1 N–H and O–H groups in total. The first kappa shape index (κ1) is 19.9. The maximum Gasteiger partial charge on any atom is 0.255 e. The van der Waals surface area contributed by atoms with Crippen LogP contribution in [0.5, 0.6) is 5.88 Å². The molecular weight excluding hydrogens is 376 g/mol. The van der Waals surface area contributed by atoms with Gasteiger partial charge >= 0.3 is 0 Å². The molecule has 0 aliphatic carbocycles. The maximum absolute atomic E-state index is 12.9. The molecule has 6 nitrogen and oxygen atoms in total. The second kappa shape index (κ2) is 8.89. The molecule has 0 saturated heterocycles. The Labute approximate surface area is 169 Å². The van der Waals surface area contributed by atoms with Gasteiger partial charge < -0.3 is 10.1 Å². The highest BCUT2D eigenvalue weighted by atomic mass is 35.5. The van der Waals surface area contributed by atoms with Gasteiger partial charge in [0.25, 0.3) is 5.91 Å². The lowest BCUT2D eigenvalue weighted by molar-refractivity contribution is 0.0949. The van der Waals surface area contributed by atoms with Crippen molar-refractivity contribution in [3.8, 4) is 11.6 Å². The first-order valence-electron chi connectivity index (χ1n) is 9.20. The van der Waals surface area contributed by atoms with Gasteiger partial charge in [0.05, 0.1) is 29.7 Å². The van der Waals surface area contributed by atoms with Crippen LogP contribution in [0, 0.1) is 0 Å². The van der Waals surface area contributed by atoms with Gasteiger partial charge in [-0.05, 0) is 37.1 Å². The van der Waals surface area contributed by atoms with Gasteiger partial charge in [0.15, 0.2) is 0 Å². The van der Waals surface area contributed by atoms with Crippen molar-refractivity contribution in [2.24, 2.45) is 0 Å². The fraction of sp³-hybridized carbons (Fsp3) is 0.286. The first-order chi connectivity index (χ1) is 13.5. The molecule has 1 amide bonds. The summed E-state index contributed by atoms with van der Waals surface area (Å²) < 4.78 is 7.28. The third-order valence-electron chi connectivity index (χ3n) is 4.22. The van der Waals surface area contributed by atoms with Crippen LogP contribution in [0.15, 0.2) is 48.8 Å². The van der Waals surface area contributed by atoms with Gasteiger partial charge in [0, 0.05) is 23.3 Å². The molecule has 2 heterocycles. The summed E-state index contributed by atoms with van der Waals surface area (Å²) >= 11 is 6.12. The molecule has 0 atom stereocenters. The minimum absolute atomic E-state index is 0.0969. The molecular formula is C21H23ClN4O2. The summed E-state index contributed by atoms with van der Waals surface area (Å²) in [7, 11) is 0. The molecule has 0 aliphatic rings. The van der Waals surface area contributed by atoms with Crippen molar-refractivity contribution in [3.05, 3.63) is 70.6 Å². The largest absolute Gasteiger partial charge is 0.478 e. The normalized spacial score (nSPS) is 10.9. The fourth-order valence-corrected chi connectivity index (χ4v) is 3.18. The van der Waals surface area contributed by atoms with E-state index < -0.39 is 0 Å². The van der Waals surface area contributed by atoms with E-state index in [9.17, 15) is 4.79 Å². The molecule has 7 heteroatoms. The summed E-state index contributed by atoms with van der Waals surface area (Å²) in [5, 5.41) is 8.00. The molecule has 0 aliphatic heterocycles. The lowest BCUT2D eigenvalue weighted by atomic mass is 10.0. The van der Waals surface area contributed by atoms with Crippen LogP contribution in [-0.2, 0) is 6.54 Å². The van der Waals surface area contributed by atoms with Crippen molar-refractivity contribution in [1.82, 2.24) is 20.1 Å². The monoisotopic (exact) mass is 398 g/mol. The van der Waals surface area contributed by atoms with Gasteiger partial charge in [0.1, 0.15) is 0 Å². The van der Waals surface area contributed by atoms with E-state index in [1.54, 1.807) is 23.1 Å². The lowest BCUT2D eigenvalue weighted by Gasteiger charge is -2.14. The van der Waals surface area contributed by atoms with Gasteiger partial charge in [0.2, 0.25) is 5.88 Å². The molecule has 0 fully saturated rings. The van der Waals surface area contributed by atoms with Crippen molar-refractivity contribution in [1.29, 1.82) is 0 Å². The van der Waals surface area contributed by atoms with E-state index >= 15 is 0 Å². The summed E-state index contributed by atoms with van der Waals surface area (Å²) in [6.45, 7) is 6.80. The Hall–Kier alpha value is -2.86. The number of carbonyl (C=O) groups excluding carboxylic acids is 1. The summed E-state index contributed by atoms with van der Waals surface area (Å²) in [5.41, 5.74) is 3.01. The molecule has 0 unspecified atom stereocenters. The highest BCUT2D eigenvalue weighted by molar-refractivity contribution is 6.30. The number of nitrogens with zero attached hydrogens (tertiary/aromatic N) is 3. The molecule has 2 aromatic heterocycles. The standard InChI is InChI=1S/C21H23ClN4O2/c1-4-28-21-15(7-6-10-23-21)12-24-20(27)18-13-25-26(19(18)14(2)3)17-9-5-8-16(22)11-17/h5-11,13-14H,4,12H2,1-3H3,(H,24,27). The Morgan fingerprint density at radius 2 is 2.11 bits per heavy atom. The van der Waals surface area contributed by atoms with Crippen molar-refractivity contribution >= 4 is 17.5 Å². The van der Waals surface area contributed by atoms with Crippen LogP contribution in [0.4, 0.5) is 0 Å². The Bertz CT molecular complexity index is 969. The average Bonchev–Trinajstić information content (AvgIpc) is 3.13. The third-order valence-corrected chi connectivity index (χ3v) is 4.46.